The van der Waals surface area contributed by atoms with Gasteiger partial charge in [0.2, 0.25) is 0 Å². The van der Waals surface area contributed by atoms with E-state index in [0.29, 0.717) is 244 Å². The number of hydrogen-bond donors (Lipinski definition) is 7. The van der Waals surface area contributed by atoms with Crippen molar-refractivity contribution < 1.29 is 121 Å². The Hall–Kier alpha value is -3.83. The monoisotopic (exact) mass is 1370 g/mol. The number of aliphatic hydroxyl groups excluding tert-OH is 7. The molecule has 0 amide bonds. The molecule has 0 heterocycles. The fraction of sp³-hybridized carbons (Fsp3) is 0.647. The quantitative estimate of drug-likeness (QED) is 0.0241. The summed E-state index contributed by atoms with van der Waals surface area (Å²) in [6.45, 7) is 18.8. The lowest BCUT2D eigenvalue weighted by atomic mass is 10.2. The zero-order valence-corrected chi connectivity index (χ0v) is 56.3. The Morgan fingerprint density at radius 3 is 0.447 bits per heavy atom. The van der Waals surface area contributed by atoms with Crippen LogP contribution in [0.5, 0.6) is 0 Å². The number of rotatable bonds is 60. The maximum Gasteiger partial charge on any atom is 0.0718 e. The first-order valence-electron chi connectivity index (χ1n) is 31.9. The Morgan fingerprint density at radius 2 is 0.298 bits per heavy atom. The number of ether oxygens (including phenoxy) is 18. The van der Waals surface area contributed by atoms with Crippen LogP contribution in [0.2, 0.25) is 0 Å². The molecule has 0 radical (unpaired) electrons. The maximum atomic E-state index is 8.46. The van der Waals surface area contributed by atoms with Gasteiger partial charge in [0, 0.05) is 5.88 Å². The van der Waals surface area contributed by atoms with Gasteiger partial charge >= 0.3 is 0 Å². The molecule has 0 saturated heterocycles. The van der Waals surface area contributed by atoms with Crippen LogP contribution in [0, 0.1) is 0 Å². The standard InChI is InChI=1S/C24H34O6.C13H20O4.C11H15ClO2.C10H22O6.C6H14O4.C4H10O3/c1-3-7-23(8-4-1)21-29-19-17-27-15-13-25-11-12-26-14-16-28-18-20-30-22-24-9-5-2-6-10-24;14-6-7-15-8-9-16-10-11-17-12-13-4-2-1-3-5-13;12-6-7-13-8-9-14-10-11-4-2-1-3-5-11;11-1-3-13-5-7-15-9-10-16-8-6-14-4-2-12;7-1-3-9-5-6-10-4-2-8;5-1-3-7-4-2-6/h1-10H,11-22H2;1-5,14H,6-12H2;1-5H,6-10H2;11-12H,1-10H2;7-8H,1-6H2;5-6H,1-4H2. The van der Waals surface area contributed by atoms with Crippen molar-refractivity contribution in [2.75, 3.05) is 264 Å². The summed E-state index contributed by atoms with van der Waals surface area (Å²) in [6.07, 6.45) is 0. The first kappa shape index (κ1) is 92.2. The van der Waals surface area contributed by atoms with Crippen LogP contribution in [0.25, 0.3) is 0 Å². The highest BCUT2D eigenvalue weighted by atomic mass is 35.5. The highest BCUT2D eigenvalue weighted by molar-refractivity contribution is 6.17. The van der Waals surface area contributed by atoms with E-state index in [-0.39, 0.29) is 46.2 Å². The van der Waals surface area contributed by atoms with Crippen molar-refractivity contribution in [3.05, 3.63) is 144 Å². The first-order chi connectivity index (χ1) is 46.6. The van der Waals surface area contributed by atoms with Gasteiger partial charge in [-0.25, -0.2) is 0 Å². The molecule has 0 spiro atoms. The molecule has 0 atom stereocenters. The van der Waals surface area contributed by atoms with E-state index in [2.05, 4.69) is 4.74 Å². The van der Waals surface area contributed by atoms with Gasteiger partial charge < -0.3 is 121 Å². The molecule has 4 rings (SSSR count). The molecule has 7 N–H and O–H groups in total. The van der Waals surface area contributed by atoms with Gasteiger partial charge in [0.15, 0.2) is 0 Å². The van der Waals surface area contributed by atoms with Crippen LogP contribution < -0.4 is 0 Å². The van der Waals surface area contributed by atoms with Crippen molar-refractivity contribution in [3.8, 4) is 0 Å². The zero-order valence-electron chi connectivity index (χ0n) is 55.5. The van der Waals surface area contributed by atoms with Gasteiger partial charge in [-0.2, -0.15) is 0 Å². The Balaban J connectivity index is 0. The van der Waals surface area contributed by atoms with Gasteiger partial charge in [-0.05, 0) is 22.3 Å². The Morgan fingerprint density at radius 1 is 0.170 bits per heavy atom. The van der Waals surface area contributed by atoms with E-state index >= 15 is 0 Å². The van der Waals surface area contributed by atoms with Crippen LogP contribution in [0.15, 0.2) is 121 Å². The number of aliphatic hydroxyl groups is 7. The van der Waals surface area contributed by atoms with Crippen molar-refractivity contribution in [3.63, 3.8) is 0 Å². The predicted molar refractivity (Wildman–Crippen MR) is 356 cm³/mol. The van der Waals surface area contributed by atoms with Crippen molar-refractivity contribution in [1.29, 1.82) is 0 Å². The lowest BCUT2D eigenvalue weighted by Gasteiger charge is -2.08. The van der Waals surface area contributed by atoms with E-state index < -0.39 is 0 Å². The molecular formula is C68H115ClO25. The highest BCUT2D eigenvalue weighted by Crippen LogP contribution is 2.03. The zero-order chi connectivity index (χ0) is 68.3. The lowest BCUT2D eigenvalue weighted by Crippen LogP contribution is -2.14. The van der Waals surface area contributed by atoms with Crippen LogP contribution in [-0.4, -0.2) is 299 Å². The second-order valence-electron chi connectivity index (χ2n) is 18.5. The van der Waals surface area contributed by atoms with Gasteiger partial charge in [-0.1, -0.05) is 121 Å². The SMILES string of the molecule is ClCCOCCOCc1ccccc1.OCCOCCO.OCCOCCOCCO.OCCOCCOCCOCCOCCO.OCCOCCOCCOCc1ccccc1.c1ccc(COCCOCCOCCOCCOCCOCc2ccccc2)cc1. The van der Waals surface area contributed by atoms with Crippen LogP contribution >= 0.6 is 11.6 Å². The maximum absolute atomic E-state index is 8.46. The van der Waals surface area contributed by atoms with Crippen LogP contribution in [0.3, 0.4) is 0 Å². The second-order valence-corrected chi connectivity index (χ2v) is 18.9. The number of hydrogen-bond acceptors (Lipinski definition) is 25. The predicted octanol–water partition coefficient (Wildman–Crippen LogP) is 4.20. The summed E-state index contributed by atoms with van der Waals surface area (Å²) in [6, 6.07) is 40.3. The van der Waals surface area contributed by atoms with Gasteiger partial charge in [0.25, 0.3) is 0 Å². The third kappa shape index (κ3) is 78.9. The van der Waals surface area contributed by atoms with Gasteiger partial charge in [-0.3, -0.25) is 0 Å². The van der Waals surface area contributed by atoms with Crippen LogP contribution in [0.1, 0.15) is 22.3 Å². The Labute approximate surface area is 564 Å². The fourth-order valence-corrected chi connectivity index (χ4v) is 6.52. The smallest absolute Gasteiger partial charge is 0.0718 e. The lowest BCUT2D eigenvalue weighted by molar-refractivity contribution is -0.0185. The summed E-state index contributed by atoms with van der Waals surface area (Å²) >= 11 is 5.44. The second kappa shape index (κ2) is 85.3. The molecule has 0 fully saturated rings. The molecule has 0 bridgehead atoms. The molecule has 0 unspecified atom stereocenters. The average molecular weight is 1370 g/mol. The average Bonchev–Trinajstić information content (AvgIpc) is 3.83. The summed E-state index contributed by atoms with van der Waals surface area (Å²) in [5.74, 6) is 0.540. The normalized spacial score (nSPS) is 10.6. The van der Waals surface area contributed by atoms with E-state index in [1.54, 1.807) is 0 Å². The molecule has 544 valence electrons. The number of halogens is 1. The minimum Gasteiger partial charge on any atom is -0.394 e. The molecule has 4 aromatic rings. The molecule has 0 aliphatic heterocycles. The molecule has 0 aromatic heterocycles. The summed E-state index contributed by atoms with van der Waals surface area (Å²) in [5.41, 5.74) is 4.69. The number of benzene rings is 4. The number of alkyl halides is 1. The van der Waals surface area contributed by atoms with Crippen molar-refractivity contribution in [1.82, 2.24) is 0 Å². The van der Waals surface area contributed by atoms with E-state index in [4.69, 9.17) is 128 Å². The molecule has 0 saturated carbocycles. The summed E-state index contributed by atoms with van der Waals surface area (Å²) in [5, 5.41) is 58.0. The summed E-state index contributed by atoms with van der Waals surface area (Å²) in [7, 11) is 0. The summed E-state index contributed by atoms with van der Waals surface area (Å²) < 4.78 is 94.0. The van der Waals surface area contributed by atoms with Gasteiger partial charge in [-0.15, -0.1) is 11.6 Å². The molecule has 25 nitrogen and oxygen atoms in total. The van der Waals surface area contributed by atoms with E-state index in [1.807, 2.05) is 121 Å². The topological polar surface area (TPSA) is 308 Å². The third-order valence-electron chi connectivity index (χ3n) is 10.8. The fourth-order valence-electron chi connectivity index (χ4n) is 6.41. The van der Waals surface area contributed by atoms with Crippen molar-refractivity contribution in [2.24, 2.45) is 0 Å². The first-order valence-corrected chi connectivity index (χ1v) is 32.5. The minimum atomic E-state index is 0.0278. The molecule has 26 heteroatoms. The van der Waals surface area contributed by atoms with Crippen LogP contribution in [-0.2, 0) is 112 Å². The Bertz CT molecular complexity index is 1830. The third-order valence-corrected chi connectivity index (χ3v) is 10.9. The van der Waals surface area contributed by atoms with E-state index in [0.717, 1.165) is 0 Å². The minimum absolute atomic E-state index is 0.0278. The molecular weight excluding hydrogens is 1250 g/mol. The van der Waals surface area contributed by atoms with Crippen LogP contribution in [0.4, 0.5) is 0 Å². The summed E-state index contributed by atoms with van der Waals surface area (Å²) in [4.78, 5) is 0. The van der Waals surface area contributed by atoms with Gasteiger partial charge in [0.1, 0.15) is 0 Å². The highest BCUT2D eigenvalue weighted by Gasteiger charge is 1.99. The largest absolute Gasteiger partial charge is 0.394 e. The molecule has 0 aliphatic rings. The molecule has 0 aliphatic carbocycles. The molecule has 4 aromatic carbocycles. The van der Waals surface area contributed by atoms with E-state index in [9.17, 15) is 0 Å². The van der Waals surface area contributed by atoms with Crippen molar-refractivity contribution >= 4 is 11.6 Å². The van der Waals surface area contributed by atoms with Gasteiger partial charge in [0.05, 0.1) is 284 Å². The Kier molecular flexibility index (Phi) is 83.7. The van der Waals surface area contributed by atoms with E-state index in [1.165, 1.54) is 22.3 Å². The van der Waals surface area contributed by atoms with Crippen molar-refractivity contribution in [2.45, 2.75) is 26.4 Å². The molecule has 94 heavy (non-hydrogen) atoms.